The Morgan fingerprint density at radius 1 is 1.43 bits per heavy atom. The van der Waals surface area contributed by atoms with Gasteiger partial charge in [-0.2, -0.15) is 0 Å². The third-order valence-electron chi connectivity index (χ3n) is 3.16. The zero-order valence-corrected chi connectivity index (χ0v) is 13.8. The number of H-pyrrole nitrogens is 1. The number of aromatic nitrogens is 2. The van der Waals surface area contributed by atoms with Crippen molar-refractivity contribution >= 4 is 44.1 Å². The molecule has 6 heteroatoms. The van der Waals surface area contributed by atoms with Gasteiger partial charge < -0.3 is 10.3 Å². The van der Waals surface area contributed by atoms with Gasteiger partial charge in [-0.15, -0.1) is 11.3 Å². The molecule has 0 aliphatic carbocycles. The summed E-state index contributed by atoms with van der Waals surface area (Å²) in [5, 5.41) is 7.02. The van der Waals surface area contributed by atoms with Crippen LogP contribution in [-0.2, 0) is 6.42 Å². The molecule has 0 atom stereocenters. The van der Waals surface area contributed by atoms with Crippen LogP contribution in [0.5, 0.6) is 0 Å². The lowest BCUT2D eigenvalue weighted by atomic mass is 10.2. The lowest BCUT2D eigenvalue weighted by molar-refractivity contribution is 0.0950. The minimum atomic E-state index is -0.0886. The molecule has 2 heterocycles. The molecule has 0 aliphatic heterocycles. The standard InChI is InChI=1S/C15H14BrN3OS/c1-9-18-12(8-21-9)4-5-17-15(20)14-7-10-6-11(16)2-3-13(10)19-14/h2-3,6-8,19H,4-5H2,1H3,(H,17,20). The maximum absolute atomic E-state index is 12.1. The van der Waals surface area contributed by atoms with Crippen molar-refractivity contribution in [3.8, 4) is 0 Å². The number of thiazole rings is 1. The molecule has 1 amide bonds. The summed E-state index contributed by atoms with van der Waals surface area (Å²) in [6.45, 7) is 2.57. The van der Waals surface area contributed by atoms with E-state index in [0.29, 0.717) is 12.2 Å². The predicted octanol–water partition coefficient (Wildman–Crippen LogP) is 3.67. The van der Waals surface area contributed by atoms with Crippen LogP contribution in [0.3, 0.4) is 0 Å². The van der Waals surface area contributed by atoms with Crippen LogP contribution in [0.25, 0.3) is 10.9 Å². The number of rotatable bonds is 4. The third kappa shape index (κ3) is 3.33. The molecule has 0 aliphatic rings. The summed E-state index contributed by atoms with van der Waals surface area (Å²) in [5.74, 6) is -0.0886. The summed E-state index contributed by atoms with van der Waals surface area (Å²) >= 11 is 5.06. The fourth-order valence-electron chi connectivity index (χ4n) is 2.15. The highest BCUT2D eigenvalue weighted by Crippen LogP contribution is 2.20. The highest BCUT2D eigenvalue weighted by molar-refractivity contribution is 9.10. The highest BCUT2D eigenvalue weighted by atomic mass is 79.9. The predicted molar refractivity (Wildman–Crippen MR) is 88.9 cm³/mol. The van der Waals surface area contributed by atoms with Crippen LogP contribution in [0, 0.1) is 6.92 Å². The number of halogens is 1. The largest absolute Gasteiger partial charge is 0.351 e. The number of amides is 1. The van der Waals surface area contributed by atoms with Gasteiger partial charge in [0, 0.05) is 33.7 Å². The smallest absolute Gasteiger partial charge is 0.267 e. The zero-order chi connectivity index (χ0) is 14.8. The molecule has 108 valence electrons. The molecule has 0 unspecified atom stereocenters. The zero-order valence-electron chi connectivity index (χ0n) is 11.4. The molecular formula is C15H14BrN3OS. The second-order valence-electron chi connectivity index (χ2n) is 4.78. The highest BCUT2D eigenvalue weighted by Gasteiger charge is 2.09. The van der Waals surface area contributed by atoms with Crippen LogP contribution in [-0.4, -0.2) is 22.4 Å². The van der Waals surface area contributed by atoms with Crippen molar-refractivity contribution in [3.63, 3.8) is 0 Å². The van der Waals surface area contributed by atoms with E-state index in [9.17, 15) is 4.79 Å². The van der Waals surface area contributed by atoms with Crippen LogP contribution in [0.2, 0.25) is 0 Å². The summed E-state index contributed by atoms with van der Waals surface area (Å²) < 4.78 is 1.000. The number of nitrogens with zero attached hydrogens (tertiary/aromatic N) is 1. The lowest BCUT2D eigenvalue weighted by Gasteiger charge is -2.01. The second kappa shape index (κ2) is 5.99. The van der Waals surface area contributed by atoms with Gasteiger partial charge in [0.05, 0.1) is 10.7 Å². The Labute approximate surface area is 134 Å². The summed E-state index contributed by atoms with van der Waals surface area (Å²) in [6, 6.07) is 7.75. The number of carbonyl (C=O) groups excluding carboxylic acids is 1. The van der Waals surface area contributed by atoms with E-state index in [1.807, 2.05) is 36.6 Å². The van der Waals surface area contributed by atoms with E-state index in [0.717, 1.165) is 32.5 Å². The van der Waals surface area contributed by atoms with E-state index in [1.165, 1.54) is 0 Å². The molecule has 3 rings (SSSR count). The number of hydrogen-bond acceptors (Lipinski definition) is 3. The van der Waals surface area contributed by atoms with Gasteiger partial charge in [-0.25, -0.2) is 4.98 Å². The van der Waals surface area contributed by atoms with Gasteiger partial charge in [0.1, 0.15) is 5.69 Å². The van der Waals surface area contributed by atoms with E-state index < -0.39 is 0 Å². The third-order valence-corrected chi connectivity index (χ3v) is 4.48. The molecule has 0 spiro atoms. The summed E-state index contributed by atoms with van der Waals surface area (Å²) in [7, 11) is 0. The first-order valence-electron chi connectivity index (χ1n) is 6.59. The topological polar surface area (TPSA) is 57.8 Å². The van der Waals surface area contributed by atoms with Crippen LogP contribution in [0.1, 0.15) is 21.2 Å². The van der Waals surface area contributed by atoms with E-state index >= 15 is 0 Å². The minimum Gasteiger partial charge on any atom is -0.351 e. The Morgan fingerprint density at radius 3 is 3.05 bits per heavy atom. The van der Waals surface area contributed by atoms with E-state index in [-0.39, 0.29) is 5.91 Å². The summed E-state index contributed by atoms with van der Waals surface area (Å²) in [4.78, 5) is 19.6. The number of benzene rings is 1. The molecule has 2 N–H and O–H groups in total. The Balaban J connectivity index is 1.63. The van der Waals surface area contributed by atoms with Crippen LogP contribution < -0.4 is 5.32 Å². The molecule has 1 aromatic carbocycles. The van der Waals surface area contributed by atoms with Crippen LogP contribution in [0.4, 0.5) is 0 Å². The van der Waals surface area contributed by atoms with Crippen molar-refractivity contribution in [2.75, 3.05) is 6.54 Å². The van der Waals surface area contributed by atoms with Crippen LogP contribution >= 0.6 is 27.3 Å². The van der Waals surface area contributed by atoms with Gasteiger partial charge in [-0.1, -0.05) is 15.9 Å². The van der Waals surface area contributed by atoms with Crippen molar-refractivity contribution in [2.24, 2.45) is 0 Å². The van der Waals surface area contributed by atoms with Gasteiger partial charge in [-0.3, -0.25) is 4.79 Å². The van der Waals surface area contributed by atoms with Gasteiger partial charge in [0.25, 0.3) is 5.91 Å². The Kier molecular flexibility index (Phi) is 4.07. The Bertz CT molecular complexity index is 793. The molecule has 0 bridgehead atoms. The molecular weight excluding hydrogens is 350 g/mol. The van der Waals surface area contributed by atoms with Crippen molar-refractivity contribution in [3.05, 3.63) is 50.5 Å². The fourth-order valence-corrected chi connectivity index (χ4v) is 3.17. The first-order chi connectivity index (χ1) is 10.1. The Hall–Kier alpha value is -1.66. The van der Waals surface area contributed by atoms with Gasteiger partial charge >= 0.3 is 0 Å². The SMILES string of the molecule is Cc1nc(CCNC(=O)c2cc3cc(Br)ccc3[nH]2)cs1. The average Bonchev–Trinajstić information content (AvgIpc) is 3.04. The first-order valence-corrected chi connectivity index (χ1v) is 8.26. The number of carbonyl (C=O) groups is 1. The van der Waals surface area contributed by atoms with Crippen molar-refractivity contribution in [1.82, 2.24) is 15.3 Å². The van der Waals surface area contributed by atoms with Crippen LogP contribution in [0.15, 0.2) is 34.1 Å². The quantitative estimate of drug-likeness (QED) is 0.742. The number of aryl methyl sites for hydroxylation is 1. The molecule has 2 aromatic heterocycles. The average molecular weight is 364 g/mol. The van der Waals surface area contributed by atoms with Gasteiger partial charge in [0.15, 0.2) is 0 Å². The van der Waals surface area contributed by atoms with Gasteiger partial charge in [0.2, 0.25) is 0 Å². The fraction of sp³-hybridized carbons (Fsp3) is 0.200. The monoisotopic (exact) mass is 363 g/mol. The molecule has 4 nitrogen and oxygen atoms in total. The van der Waals surface area contributed by atoms with E-state index in [2.05, 4.69) is 31.2 Å². The number of aromatic amines is 1. The lowest BCUT2D eigenvalue weighted by Crippen LogP contribution is -2.26. The van der Waals surface area contributed by atoms with Crippen molar-refractivity contribution < 1.29 is 4.79 Å². The molecule has 21 heavy (non-hydrogen) atoms. The number of nitrogens with one attached hydrogen (secondary N) is 2. The molecule has 3 aromatic rings. The van der Waals surface area contributed by atoms with Gasteiger partial charge in [-0.05, 0) is 31.2 Å². The van der Waals surface area contributed by atoms with E-state index in [1.54, 1.807) is 11.3 Å². The van der Waals surface area contributed by atoms with E-state index in [4.69, 9.17) is 0 Å². The number of fused-ring (bicyclic) bond motifs is 1. The normalized spacial score (nSPS) is 11.0. The summed E-state index contributed by atoms with van der Waals surface area (Å²) in [6.07, 6.45) is 0.752. The molecule has 0 saturated carbocycles. The van der Waals surface area contributed by atoms with Crippen molar-refractivity contribution in [1.29, 1.82) is 0 Å². The molecule has 0 fully saturated rings. The summed E-state index contributed by atoms with van der Waals surface area (Å²) in [5.41, 5.74) is 2.56. The Morgan fingerprint density at radius 2 is 2.29 bits per heavy atom. The van der Waals surface area contributed by atoms with Crippen molar-refractivity contribution in [2.45, 2.75) is 13.3 Å². The second-order valence-corrected chi connectivity index (χ2v) is 6.76. The molecule has 0 saturated heterocycles. The maximum Gasteiger partial charge on any atom is 0.267 e. The maximum atomic E-state index is 12.1. The number of hydrogen-bond donors (Lipinski definition) is 2. The minimum absolute atomic E-state index is 0.0886. The molecule has 0 radical (unpaired) electrons. The first kappa shape index (κ1) is 14.3.